The van der Waals surface area contributed by atoms with E-state index in [-0.39, 0.29) is 29.6 Å². The lowest BCUT2D eigenvalue weighted by Crippen LogP contribution is -2.58. The summed E-state index contributed by atoms with van der Waals surface area (Å²) in [5.41, 5.74) is 0.0821. The van der Waals surface area contributed by atoms with Crippen LogP contribution in [0.3, 0.4) is 0 Å². The minimum Gasteiger partial charge on any atom is -0.477 e. The maximum absolute atomic E-state index is 11.9. The predicted molar refractivity (Wildman–Crippen MR) is 77.2 cm³/mol. The van der Waals surface area contributed by atoms with Crippen LogP contribution in [0.1, 0.15) is 19.4 Å². The molecule has 0 unspecified atom stereocenters. The van der Waals surface area contributed by atoms with E-state index in [1.54, 1.807) is 0 Å². The normalized spacial score (nSPS) is 25.8. The van der Waals surface area contributed by atoms with Gasteiger partial charge in [-0.15, -0.1) is 11.8 Å². The van der Waals surface area contributed by atoms with E-state index in [1.165, 1.54) is 16.7 Å². The predicted octanol–water partition coefficient (Wildman–Crippen LogP) is 1.26. The van der Waals surface area contributed by atoms with Gasteiger partial charge in [0.25, 0.3) is 0 Å². The molecule has 1 saturated heterocycles. The Morgan fingerprint density at radius 1 is 1.43 bits per heavy atom. The SMILES string of the molecule is C[C@H](CC1=C(C(=O)O)N2C(=O)[C@H](CO)[C@H]2S1)n1cccc1. The number of amides is 1. The number of carbonyl (C=O) groups is 2. The maximum atomic E-state index is 11.9. The van der Waals surface area contributed by atoms with Crippen LogP contribution in [0, 0.1) is 5.92 Å². The molecule has 0 saturated carbocycles. The molecule has 7 heteroatoms. The lowest BCUT2D eigenvalue weighted by Gasteiger charge is -2.41. The molecule has 1 aromatic rings. The van der Waals surface area contributed by atoms with Gasteiger partial charge < -0.3 is 14.8 Å². The number of carboxylic acid groups (broad SMARTS) is 1. The van der Waals surface area contributed by atoms with Crippen molar-refractivity contribution in [2.24, 2.45) is 5.92 Å². The van der Waals surface area contributed by atoms with Gasteiger partial charge in [-0.1, -0.05) is 0 Å². The van der Waals surface area contributed by atoms with Crippen molar-refractivity contribution in [3.05, 3.63) is 35.1 Å². The Morgan fingerprint density at radius 3 is 2.67 bits per heavy atom. The Hall–Kier alpha value is -1.73. The van der Waals surface area contributed by atoms with Gasteiger partial charge in [-0.2, -0.15) is 0 Å². The van der Waals surface area contributed by atoms with E-state index in [4.69, 9.17) is 0 Å². The number of hydrogen-bond donors (Lipinski definition) is 2. The molecule has 1 amide bonds. The third-order valence-electron chi connectivity index (χ3n) is 3.94. The molecule has 1 aromatic heterocycles. The number of thioether (sulfide) groups is 1. The molecular formula is C14H16N2O4S. The van der Waals surface area contributed by atoms with Crippen LogP contribution in [-0.4, -0.2) is 43.5 Å². The molecule has 2 aliphatic heterocycles. The first-order chi connectivity index (χ1) is 10.0. The van der Waals surface area contributed by atoms with Gasteiger partial charge in [-0.3, -0.25) is 9.69 Å². The van der Waals surface area contributed by atoms with Crippen molar-refractivity contribution in [3.63, 3.8) is 0 Å². The highest BCUT2D eigenvalue weighted by Crippen LogP contribution is 2.51. The number of rotatable bonds is 5. The number of nitrogens with zero attached hydrogens (tertiary/aromatic N) is 2. The summed E-state index contributed by atoms with van der Waals surface area (Å²) in [7, 11) is 0. The van der Waals surface area contributed by atoms with Gasteiger partial charge in [0.2, 0.25) is 5.91 Å². The number of aliphatic carboxylic acids is 1. The fourth-order valence-corrected chi connectivity index (χ4v) is 4.39. The highest BCUT2D eigenvalue weighted by Gasteiger charge is 2.55. The Balaban J connectivity index is 1.84. The Bertz CT molecular complexity index is 611. The maximum Gasteiger partial charge on any atom is 0.353 e. The summed E-state index contributed by atoms with van der Waals surface area (Å²) in [5, 5.41) is 18.3. The molecule has 0 radical (unpaired) electrons. The standard InChI is InChI=1S/C14H16N2O4S/c1-8(15-4-2-3-5-15)6-10-11(14(19)20)16-12(18)9(7-17)13(16)21-10/h2-5,8-9,13,17H,6-7H2,1H3,(H,19,20)/t8-,9+,13-/m1/s1. The van der Waals surface area contributed by atoms with Crippen molar-refractivity contribution in [1.82, 2.24) is 9.47 Å². The van der Waals surface area contributed by atoms with Gasteiger partial charge in [0.05, 0.1) is 12.5 Å². The van der Waals surface area contributed by atoms with E-state index in [1.807, 2.05) is 36.0 Å². The minimum absolute atomic E-state index is 0.0821. The van der Waals surface area contributed by atoms with Crippen LogP contribution in [-0.2, 0) is 9.59 Å². The van der Waals surface area contributed by atoms with Crippen LogP contribution in [0.25, 0.3) is 0 Å². The highest BCUT2D eigenvalue weighted by atomic mass is 32.2. The van der Waals surface area contributed by atoms with Crippen LogP contribution in [0.15, 0.2) is 35.1 Å². The van der Waals surface area contributed by atoms with Crippen LogP contribution in [0.4, 0.5) is 0 Å². The van der Waals surface area contributed by atoms with Crippen molar-refractivity contribution in [2.45, 2.75) is 24.8 Å². The first kappa shape index (κ1) is 14.2. The van der Waals surface area contributed by atoms with Crippen molar-refractivity contribution >= 4 is 23.6 Å². The fraction of sp³-hybridized carbons (Fsp3) is 0.429. The number of aliphatic hydroxyl groups is 1. The monoisotopic (exact) mass is 308 g/mol. The molecule has 3 atom stereocenters. The zero-order valence-corrected chi connectivity index (χ0v) is 12.3. The molecular weight excluding hydrogens is 292 g/mol. The second kappa shape index (κ2) is 5.23. The average Bonchev–Trinajstić information content (AvgIpc) is 3.05. The van der Waals surface area contributed by atoms with E-state index < -0.39 is 11.9 Å². The lowest BCUT2D eigenvalue weighted by atomic mass is 9.98. The summed E-state index contributed by atoms with van der Waals surface area (Å²) in [6.45, 7) is 1.77. The van der Waals surface area contributed by atoms with E-state index in [2.05, 4.69) is 0 Å². The second-order valence-corrected chi connectivity index (χ2v) is 6.48. The Labute approximate surface area is 126 Å². The minimum atomic E-state index is -1.08. The van der Waals surface area contributed by atoms with E-state index >= 15 is 0 Å². The van der Waals surface area contributed by atoms with E-state index in [9.17, 15) is 19.8 Å². The number of carboxylic acids is 1. The van der Waals surface area contributed by atoms with E-state index in [0.717, 1.165) is 0 Å². The van der Waals surface area contributed by atoms with E-state index in [0.29, 0.717) is 11.3 Å². The molecule has 112 valence electrons. The number of aromatic nitrogens is 1. The summed E-state index contributed by atoms with van der Waals surface area (Å²) >= 11 is 1.39. The molecule has 6 nitrogen and oxygen atoms in total. The molecule has 2 aliphatic rings. The molecule has 0 aromatic carbocycles. The highest BCUT2D eigenvalue weighted by molar-refractivity contribution is 8.04. The zero-order chi connectivity index (χ0) is 15.1. The summed E-state index contributed by atoms with van der Waals surface area (Å²) in [4.78, 5) is 25.4. The summed E-state index contributed by atoms with van der Waals surface area (Å²) in [5.74, 6) is -1.86. The Morgan fingerprint density at radius 2 is 2.10 bits per heavy atom. The van der Waals surface area contributed by atoms with Gasteiger partial charge >= 0.3 is 5.97 Å². The van der Waals surface area contributed by atoms with Gasteiger partial charge in [0, 0.05) is 29.8 Å². The van der Waals surface area contributed by atoms with Crippen molar-refractivity contribution in [3.8, 4) is 0 Å². The molecule has 0 spiro atoms. The average molecular weight is 308 g/mol. The number of allylic oxidation sites excluding steroid dienone is 1. The third-order valence-corrected chi connectivity index (χ3v) is 5.36. The van der Waals surface area contributed by atoms with Gasteiger partial charge in [0.15, 0.2) is 0 Å². The van der Waals surface area contributed by atoms with Gasteiger partial charge in [-0.25, -0.2) is 4.79 Å². The quantitative estimate of drug-likeness (QED) is 0.800. The van der Waals surface area contributed by atoms with Crippen molar-refractivity contribution in [2.75, 3.05) is 6.61 Å². The van der Waals surface area contributed by atoms with Gasteiger partial charge in [0.1, 0.15) is 11.1 Å². The number of carbonyl (C=O) groups excluding carboxylic acids is 1. The lowest BCUT2D eigenvalue weighted by molar-refractivity contribution is -0.153. The smallest absolute Gasteiger partial charge is 0.353 e. The first-order valence-electron chi connectivity index (χ1n) is 6.74. The second-order valence-electron chi connectivity index (χ2n) is 5.27. The topological polar surface area (TPSA) is 82.8 Å². The number of fused-ring (bicyclic) bond motifs is 1. The molecule has 1 fully saturated rings. The van der Waals surface area contributed by atoms with Crippen LogP contribution in [0.5, 0.6) is 0 Å². The number of β-lactam (4-membered cyclic amide) rings is 1. The first-order valence-corrected chi connectivity index (χ1v) is 7.62. The fourth-order valence-electron chi connectivity index (χ4n) is 2.78. The Kier molecular flexibility index (Phi) is 3.54. The molecule has 2 N–H and O–H groups in total. The zero-order valence-electron chi connectivity index (χ0n) is 11.5. The molecule has 3 rings (SSSR count). The van der Waals surface area contributed by atoms with Crippen LogP contribution in [0.2, 0.25) is 0 Å². The van der Waals surface area contributed by atoms with Crippen molar-refractivity contribution in [1.29, 1.82) is 0 Å². The molecule has 0 bridgehead atoms. The van der Waals surface area contributed by atoms with Gasteiger partial charge in [-0.05, 0) is 19.1 Å². The number of aliphatic hydroxyl groups excluding tert-OH is 1. The molecule has 21 heavy (non-hydrogen) atoms. The largest absolute Gasteiger partial charge is 0.477 e. The third kappa shape index (κ3) is 2.16. The summed E-state index contributed by atoms with van der Waals surface area (Å²) in [6, 6.07) is 3.95. The summed E-state index contributed by atoms with van der Waals surface area (Å²) < 4.78 is 2.01. The number of hydrogen-bond acceptors (Lipinski definition) is 4. The van der Waals surface area contributed by atoms with Crippen LogP contribution >= 0.6 is 11.8 Å². The molecule has 0 aliphatic carbocycles. The van der Waals surface area contributed by atoms with Crippen molar-refractivity contribution < 1.29 is 19.8 Å². The van der Waals surface area contributed by atoms with Crippen LogP contribution < -0.4 is 0 Å². The molecule has 3 heterocycles. The summed E-state index contributed by atoms with van der Waals surface area (Å²) in [6.07, 6.45) is 4.42.